The fourth-order valence-electron chi connectivity index (χ4n) is 3.17. The van der Waals surface area contributed by atoms with Gasteiger partial charge in [-0.05, 0) is 44.5 Å². The van der Waals surface area contributed by atoms with Crippen molar-refractivity contribution in [3.63, 3.8) is 0 Å². The predicted octanol–water partition coefficient (Wildman–Crippen LogP) is 2.47. The van der Waals surface area contributed by atoms with Crippen molar-refractivity contribution in [2.24, 2.45) is 0 Å². The second-order valence-corrected chi connectivity index (χ2v) is 6.61. The first-order valence-electron chi connectivity index (χ1n) is 8.91. The first-order chi connectivity index (χ1) is 12.2. The average Bonchev–Trinajstić information content (AvgIpc) is 3.10. The van der Waals surface area contributed by atoms with Gasteiger partial charge in [-0.15, -0.1) is 0 Å². The number of nitrogens with zero attached hydrogens (tertiary/aromatic N) is 4. The van der Waals surface area contributed by atoms with Crippen LogP contribution < -0.4 is 10.6 Å². The molecule has 25 heavy (non-hydrogen) atoms. The lowest BCUT2D eigenvalue weighted by Crippen LogP contribution is -2.39. The Kier molecular flexibility index (Phi) is 6.00. The van der Waals surface area contributed by atoms with E-state index in [4.69, 9.17) is 0 Å². The van der Waals surface area contributed by atoms with Crippen LogP contribution in [0.3, 0.4) is 0 Å². The molecule has 7 heteroatoms. The highest BCUT2D eigenvalue weighted by molar-refractivity contribution is 5.90. The van der Waals surface area contributed by atoms with E-state index >= 15 is 0 Å². The first-order valence-corrected chi connectivity index (χ1v) is 8.91. The molecule has 2 heterocycles. The van der Waals surface area contributed by atoms with Crippen LogP contribution in [0.4, 0.5) is 10.5 Å². The minimum absolute atomic E-state index is 0.0454. The standard InChI is InChI=1S/C18H26N6O/c1-15(11-24-14-19-13-20-24)21-18(25)22-17-8-4-3-7-16(17)12-23-9-5-2-6-10-23/h3-4,7-8,13-15H,2,5-6,9-12H2,1H3,(H2,21,22,25)/t15-/m0/s1. The largest absolute Gasteiger partial charge is 0.334 e. The quantitative estimate of drug-likeness (QED) is 0.846. The third-order valence-corrected chi connectivity index (χ3v) is 4.41. The number of carbonyl (C=O) groups excluding carboxylic acids is 1. The van der Waals surface area contributed by atoms with Gasteiger partial charge in [0.25, 0.3) is 0 Å². The first kappa shape index (κ1) is 17.4. The molecular weight excluding hydrogens is 316 g/mol. The Hall–Kier alpha value is -2.41. The van der Waals surface area contributed by atoms with Crippen molar-refractivity contribution in [3.8, 4) is 0 Å². The molecule has 0 aliphatic carbocycles. The number of likely N-dealkylation sites (tertiary alicyclic amines) is 1. The number of carbonyl (C=O) groups is 1. The molecule has 134 valence electrons. The van der Waals surface area contributed by atoms with Gasteiger partial charge in [0.1, 0.15) is 12.7 Å². The number of piperidine rings is 1. The molecule has 1 atom stereocenters. The van der Waals surface area contributed by atoms with E-state index in [2.05, 4.69) is 31.7 Å². The van der Waals surface area contributed by atoms with Crippen LogP contribution in [0.25, 0.3) is 0 Å². The summed E-state index contributed by atoms with van der Waals surface area (Å²) < 4.78 is 1.70. The van der Waals surface area contributed by atoms with Crippen LogP contribution in [0.1, 0.15) is 31.7 Å². The molecule has 3 rings (SSSR count). The molecule has 0 bridgehead atoms. The third kappa shape index (κ3) is 5.29. The molecule has 1 aromatic heterocycles. The van der Waals surface area contributed by atoms with E-state index in [9.17, 15) is 4.79 Å². The molecule has 2 amide bonds. The fraction of sp³-hybridized carbons (Fsp3) is 0.500. The molecule has 0 radical (unpaired) electrons. The topological polar surface area (TPSA) is 75.1 Å². The van der Waals surface area contributed by atoms with Crippen LogP contribution in [0.2, 0.25) is 0 Å². The van der Waals surface area contributed by atoms with Gasteiger partial charge in [-0.25, -0.2) is 9.78 Å². The van der Waals surface area contributed by atoms with Gasteiger partial charge in [-0.2, -0.15) is 5.10 Å². The third-order valence-electron chi connectivity index (χ3n) is 4.41. The van der Waals surface area contributed by atoms with Gasteiger partial charge >= 0.3 is 6.03 Å². The Morgan fingerprint density at radius 1 is 1.24 bits per heavy atom. The lowest BCUT2D eigenvalue weighted by molar-refractivity contribution is 0.221. The Labute approximate surface area is 148 Å². The van der Waals surface area contributed by atoms with Crippen LogP contribution in [0.15, 0.2) is 36.9 Å². The van der Waals surface area contributed by atoms with Crippen molar-refractivity contribution in [2.45, 2.75) is 45.3 Å². The van der Waals surface area contributed by atoms with Crippen molar-refractivity contribution in [3.05, 3.63) is 42.5 Å². The number of amides is 2. The van der Waals surface area contributed by atoms with E-state index in [1.54, 1.807) is 11.0 Å². The molecule has 0 unspecified atom stereocenters. The molecule has 7 nitrogen and oxygen atoms in total. The monoisotopic (exact) mass is 342 g/mol. The summed E-state index contributed by atoms with van der Waals surface area (Å²) in [4.78, 5) is 18.7. The number of hydrogen-bond donors (Lipinski definition) is 2. The Bertz CT molecular complexity index is 666. The molecule has 1 aromatic carbocycles. The van der Waals surface area contributed by atoms with Gasteiger partial charge in [0.2, 0.25) is 0 Å². The van der Waals surface area contributed by atoms with Gasteiger partial charge < -0.3 is 10.6 Å². The average molecular weight is 342 g/mol. The lowest BCUT2D eigenvalue weighted by Gasteiger charge is -2.27. The van der Waals surface area contributed by atoms with Gasteiger partial charge in [-0.3, -0.25) is 9.58 Å². The fourth-order valence-corrected chi connectivity index (χ4v) is 3.17. The Balaban J connectivity index is 1.55. The smallest absolute Gasteiger partial charge is 0.319 e. The second-order valence-electron chi connectivity index (χ2n) is 6.61. The van der Waals surface area contributed by atoms with E-state index in [1.807, 2.05) is 25.1 Å². The summed E-state index contributed by atoms with van der Waals surface area (Å²) in [6.07, 6.45) is 6.97. The van der Waals surface area contributed by atoms with Gasteiger partial charge in [0, 0.05) is 18.3 Å². The predicted molar refractivity (Wildman–Crippen MR) is 97.2 cm³/mol. The van der Waals surface area contributed by atoms with Crippen molar-refractivity contribution in [2.75, 3.05) is 18.4 Å². The lowest BCUT2D eigenvalue weighted by atomic mass is 10.1. The van der Waals surface area contributed by atoms with E-state index in [0.717, 1.165) is 30.9 Å². The van der Waals surface area contributed by atoms with E-state index < -0.39 is 0 Å². The number of aromatic nitrogens is 3. The van der Waals surface area contributed by atoms with Crippen molar-refractivity contribution < 1.29 is 4.79 Å². The summed E-state index contributed by atoms with van der Waals surface area (Å²) in [6.45, 7) is 5.68. The summed E-state index contributed by atoms with van der Waals surface area (Å²) in [5.41, 5.74) is 2.03. The maximum Gasteiger partial charge on any atom is 0.319 e. The highest BCUT2D eigenvalue weighted by atomic mass is 16.2. The highest BCUT2D eigenvalue weighted by Gasteiger charge is 2.14. The summed E-state index contributed by atoms with van der Waals surface area (Å²) in [5.74, 6) is 0. The van der Waals surface area contributed by atoms with Crippen LogP contribution in [-0.2, 0) is 13.1 Å². The van der Waals surface area contributed by atoms with E-state index in [0.29, 0.717) is 6.54 Å². The minimum Gasteiger partial charge on any atom is -0.334 e. The Morgan fingerprint density at radius 2 is 2.04 bits per heavy atom. The number of benzene rings is 1. The molecule has 1 saturated heterocycles. The molecule has 0 spiro atoms. The molecule has 1 aliphatic rings. The van der Waals surface area contributed by atoms with Crippen molar-refractivity contribution in [1.82, 2.24) is 25.0 Å². The van der Waals surface area contributed by atoms with Crippen LogP contribution in [-0.4, -0.2) is 44.8 Å². The highest BCUT2D eigenvalue weighted by Crippen LogP contribution is 2.19. The van der Waals surface area contributed by atoms with Gasteiger partial charge in [0.15, 0.2) is 0 Å². The van der Waals surface area contributed by atoms with Crippen LogP contribution >= 0.6 is 0 Å². The van der Waals surface area contributed by atoms with Crippen molar-refractivity contribution >= 4 is 11.7 Å². The van der Waals surface area contributed by atoms with Crippen LogP contribution in [0.5, 0.6) is 0 Å². The number of anilines is 1. The zero-order chi connectivity index (χ0) is 17.5. The summed E-state index contributed by atoms with van der Waals surface area (Å²) in [6, 6.07) is 7.78. The normalized spacial score (nSPS) is 16.4. The number of para-hydroxylation sites is 1. The summed E-state index contributed by atoms with van der Waals surface area (Å²) >= 11 is 0. The maximum absolute atomic E-state index is 12.3. The molecule has 2 N–H and O–H groups in total. The van der Waals surface area contributed by atoms with E-state index in [1.165, 1.54) is 25.6 Å². The number of hydrogen-bond acceptors (Lipinski definition) is 4. The molecule has 2 aromatic rings. The van der Waals surface area contributed by atoms with Gasteiger partial charge in [-0.1, -0.05) is 24.6 Å². The van der Waals surface area contributed by atoms with E-state index in [-0.39, 0.29) is 12.1 Å². The zero-order valence-corrected chi connectivity index (χ0v) is 14.7. The van der Waals surface area contributed by atoms with Crippen LogP contribution in [0, 0.1) is 0 Å². The number of urea groups is 1. The number of nitrogens with one attached hydrogen (secondary N) is 2. The van der Waals surface area contributed by atoms with Gasteiger partial charge in [0.05, 0.1) is 6.54 Å². The molecule has 1 aliphatic heterocycles. The number of rotatable bonds is 6. The minimum atomic E-state index is -0.196. The zero-order valence-electron chi connectivity index (χ0n) is 14.7. The molecule has 1 fully saturated rings. The molecular formula is C18H26N6O. The maximum atomic E-state index is 12.3. The summed E-state index contributed by atoms with van der Waals surface area (Å²) in [5, 5.41) is 9.99. The Morgan fingerprint density at radius 3 is 2.80 bits per heavy atom. The molecule has 0 saturated carbocycles. The summed E-state index contributed by atoms with van der Waals surface area (Å²) in [7, 11) is 0. The van der Waals surface area contributed by atoms with Crippen molar-refractivity contribution in [1.29, 1.82) is 0 Å². The second kappa shape index (κ2) is 8.62. The SMILES string of the molecule is C[C@@H](Cn1cncn1)NC(=O)Nc1ccccc1CN1CCCCC1.